The van der Waals surface area contributed by atoms with Crippen molar-refractivity contribution in [1.29, 1.82) is 0 Å². The maximum Gasteiger partial charge on any atom is 0.138 e. The van der Waals surface area contributed by atoms with Crippen molar-refractivity contribution >= 4 is 0 Å². The molecule has 0 saturated heterocycles. The zero-order valence-corrected chi connectivity index (χ0v) is 9.59. The molecule has 0 aliphatic heterocycles. The number of terminal acetylenes is 1. The number of hydrogen-bond acceptors (Lipinski definition) is 1. The lowest BCUT2D eigenvalue weighted by atomic mass is 10.1. The molecule has 82 valence electrons. The van der Waals surface area contributed by atoms with Gasteiger partial charge < -0.3 is 22.4 Å². The van der Waals surface area contributed by atoms with E-state index in [1.807, 2.05) is 12.1 Å². The molecule has 0 aliphatic rings. The summed E-state index contributed by atoms with van der Waals surface area (Å²) in [5.74, 6) is 2.96. The zero-order valence-electron chi connectivity index (χ0n) is 8.83. The fourth-order valence-electron chi connectivity index (χ4n) is 1.33. The predicted octanol–water partition coefficient (Wildman–Crippen LogP) is -2.91. The number of hydrogen-bond donors (Lipinski definition) is 2. The summed E-state index contributed by atoms with van der Waals surface area (Å²) in [5, 5.41) is 9.24. The Balaban J connectivity index is 0.00000196. The molecule has 0 aliphatic carbocycles. The third-order valence-corrected chi connectivity index (χ3v) is 2.15. The normalized spacial score (nSPS) is 11.2. The molecular weight excluding hydrogens is 210 g/mol. The van der Waals surface area contributed by atoms with Gasteiger partial charge in [0.2, 0.25) is 0 Å². The second-order valence-electron chi connectivity index (χ2n) is 3.51. The van der Waals surface area contributed by atoms with Gasteiger partial charge in [-0.05, 0) is 23.6 Å². The highest BCUT2D eigenvalue weighted by Crippen LogP contribution is 2.10. The maximum absolute atomic E-state index is 9.24. The number of rotatable bonds is 4. The topological polar surface area (TPSA) is 24.7 Å². The van der Waals surface area contributed by atoms with E-state index in [0.29, 0.717) is 5.75 Å². The van der Waals surface area contributed by atoms with E-state index < -0.39 is 0 Å². The minimum atomic E-state index is 0. The van der Waals surface area contributed by atoms with E-state index in [2.05, 4.69) is 13.0 Å². The van der Waals surface area contributed by atoms with E-state index in [1.54, 1.807) is 12.1 Å². The fraction of sp³-hybridized carbons (Fsp3) is 0.333. The first kappa shape index (κ1) is 13.8. The van der Waals surface area contributed by atoms with Crippen LogP contribution in [-0.4, -0.2) is 25.2 Å². The Morgan fingerprint density at radius 2 is 2.20 bits per heavy atom. The molecule has 0 bridgehead atoms. The number of nitrogens with one attached hydrogen (secondary N) is 1. The van der Waals surface area contributed by atoms with Crippen molar-refractivity contribution in [2.45, 2.75) is 6.42 Å². The van der Waals surface area contributed by atoms with Crippen LogP contribution < -0.4 is 17.3 Å². The van der Waals surface area contributed by atoms with Crippen LogP contribution in [0.25, 0.3) is 0 Å². The van der Waals surface area contributed by atoms with Crippen molar-refractivity contribution in [3.8, 4) is 18.1 Å². The van der Waals surface area contributed by atoms with Crippen LogP contribution >= 0.6 is 0 Å². The average molecular weight is 226 g/mol. The summed E-state index contributed by atoms with van der Waals surface area (Å²) in [7, 11) is 2.07. The predicted molar refractivity (Wildman–Crippen MR) is 57.3 cm³/mol. The van der Waals surface area contributed by atoms with Gasteiger partial charge in [-0.1, -0.05) is 12.1 Å². The lowest BCUT2D eigenvalue weighted by Crippen LogP contribution is -3.09. The monoisotopic (exact) mass is 225 g/mol. The molecule has 15 heavy (non-hydrogen) atoms. The quantitative estimate of drug-likeness (QED) is 0.528. The molecule has 3 heteroatoms. The summed E-state index contributed by atoms with van der Waals surface area (Å²) < 4.78 is 0. The molecule has 0 fully saturated rings. The molecule has 0 saturated carbocycles. The van der Waals surface area contributed by atoms with Crippen LogP contribution in [0.2, 0.25) is 0 Å². The highest BCUT2D eigenvalue weighted by Gasteiger charge is 2.00. The average Bonchev–Trinajstić information content (AvgIpc) is 2.15. The minimum Gasteiger partial charge on any atom is -1.00 e. The van der Waals surface area contributed by atoms with Gasteiger partial charge in [0.1, 0.15) is 12.3 Å². The summed E-state index contributed by atoms with van der Waals surface area (Å²) in [6.45, 7) is 1.74. The minimum absolute atomic E-state index is 0. The van der Waals surface area contributed by atoms with Gasteiger partial charge in [0.15, 0.2) is 0 Å². The highest BCUT2D eigenvalue weighted by atomic mass is 35.5. The number of benzene rings is 1. The van der Waals surface area contributed by atoms with Crippen LogP contribution in [0.1, 0.15) is 5.56 Å². The number of quaternary nitrogens is 1. The van der Waals surface area contributed by atoms with Gasteiger partial charge in [-0.2, -0.15) is 0 Å². The van der Waals surface area contributed by atoms with Crippen LogP contribution in [0.5, 0.6) is 5.75 Å². The molecular formula is C12H16ClNO. The van der Waals surface area contributed by atoms with Gasteiger partial charge in [-0.25, -0.2) is 0 Å². The van der Waals surface area contributed by atoms with E-state index in [9.17, 15) is 5.11 Å². The number of likely N-dealkylation sites (N-methyl/N-ethyl adjacent to an activating group) is 1. The van der Waals surface area contributed by atoms with Crippen LogP contribution in [0.15, 0.2) is 24.3 Å². The molecule has 0 radical (unpaired) electrons. The lowest BCUT2D eigenvalue weighted by Gasteiger charge is -2.10. The lowest BCUT2D eigenvalue weighted by molar-refractivity contribution is -0.871. The van der Waals surface area contributed by atoms with Crippen molar-refractivity contribution in [1.82, 2.24) is 0 Å². The molecule has 0 spiro atoms. The summed E-state index contributed by atoms with van der Waals surface area (Å²) >= 11 is 0. The van der Waals surface area contributed by atoms with E-state index in [0.717, 1.165) is 25.1 Å². The SMILES string of the molecule is C#CC[NH+](C)CCc1cccc(O)c1.[Cl-]. The third kappa shape index (κ3) is 5.31. The maximum atomic E-state index is 9.24. The zero-order chi connectivity index (χ0) is 10.4. The van der Waals surface area contributed by atoms with Gasteiger partial charge in [-0.15, -0.1) is 6.42 Å². The van der Waals surface area contributed by atoms with E-state index in [-0.39, 0.29) is 12.4 Å². The van der Waals surface area contributed by atoms with E-state index >= 15 is 0 Å². The molecule has 0 heterocycles. The Morgan fingerprint density at radius 1 is 1.47 bits per heavy atom. The third-order valence-electron chi connectivity index (χ3n) is 2.15. The Bertz CT molecular complexity index is 333. The molecule has 0 amide bonds. The number of aromatic hydroxyl groups is 1. The molecule has 1 unspecified atom stereocenters. The van der Waals surface area contributed by atoms with Crippen molar-refractivity contribution in [2.75, 3.05) is 20.1 Å². The summed E-state index contributed by atoms with van der Waals surface area (Å²) in [5.41, 5.74) is 1.15. The summed E-state index contributed by atoms with van der Waals surface area (Å²) in [6.07, 6.45) is 6.16. The van der Waals surface area contributed by atoms with Crippen LogP contribution in [-0.2, 0) is 6.42 Å². The largest absolute Gasteiger partial charge is 1.00 e. The van der Waals surface area contributed by atoms with Crippen molar-refractivity contribution in [2.24, 2.45) is 0 Å². The van der Waals surface area contributed by atoms with Crippen LogP contribution in [0, 0.1) is 12.3 Å². The number of phenolic OH excluding ortho intramolecular Hbond substituents is 1. The first-order valence-corrected chi connectivity index (χ1v) is 4.75. The van der Waals surface area contributed by atoms with Gasteiger partial charge >= 0.3 is 0 Å². The van der Waals surface area contributed by atoms with Gasteiger partial charge in [0, 0.05) is 6.42 Å². The van der Waals surface area contributed by atoms with E-state index in [4.69, 9.17) is 6.42 Å². The number of halogens is 1. The molecule has 1 atom stereocenters. The summed E-state index contributed by atoms with van der Waals surface area (Å²) in [4.78, 5) is 1.32. The standard InChI is InChI=1S/C12H15NO.ClH/c1-3-8-13(2)9-7-11-5-4-6-12(14)10-11;/h1,4-6,10,14H,7-9H2,2H3;1H. The smallest absolute Gasteiger partial charge is 0.138 e. The second-order valence-corrected chi connectivity index (χ2v) is 3.51. The molecule has 0 aromatic heterocycles. The molecule has 1 aromatic rings. The molecule has 2 nitrogen and oxygen atoms in total. The Hall–Kier alpha value is -1.17. The Labute approximate surface area is 97.3 Å². The Morgan fingerprint density at radius 3 is 2.80 bits per heavy atom. The first-order valence-electron chi connectivity index (χ1n) is 4.75. The highest BCUT2D eigenvalue weighted by molar-refractivity contribution is 5.27. The van der Waals surface area contributed by atoms with Crippen LogP contribution in [0.4, 0.5) is 0 Å². The van der Waals surface area contributed by atoms with Gasteiger partial charge in [0.05, 0.1) is 13.6 Å². The fourth-order valence-corrected chi connectivity index (χ4v) is 1.33. The summed E-state index contributed by atoms with van der Waals surface area (Å²) in [6, 6.07) is 7.36. The number of phenols is 1. The van der Waals surface area contributed by atoms with Crippen LogP contribution in [0.3, 0.4) is 0 Å². The van der Waals surface area contributed by atoms with Crippen molar-refractivity contribution < 1.29 is 22.4 Å². The van der Waals surface area contributed by atoms with Crippen molar-refractivity contribution in [3.63, 3.8) is 0 Å². The molecule has 1 rings (SSSR count). The van der Waals surface area contributed by atoms with Gasteiger partial charge in [-0.3, -0.25) is 0 Å². The van der Waals surface area contributed by atoms with E-state index in [1.165, 1.54) is 4.90 Å². The first-order chi connectivity index (χ1) is 6.72. The van der Waals surface area contributed by atoms with Crippen molar-refractivity contribution in [3.05, 3.63) is 29.8 Å². The van der Waals surface area contributed by atoms with Gasteiger partial charge in [0.25, 0.3) is 0 Å². The Kier molecular flexibility index (Phi) is 6.61. The molecule has 1 aromatic carbocycles. The molecule has 2 N–H and O–H groups in total. The second kappa shape index (κ2) is 7.17.